The molecule has 3 rings (SSSR count). The number of hydrogen-bond donors (Lipinski definition) is 0. The van der Waals surface area contributed by atoms with Gasteiger partial charge >= 0.3 is 12.8 Å². The third-order valence-electron chi connectivity index (χ3n) is 3.95. The van der Waals surface area contributed by atoms with Crippen LogP contribution in [0.4, 0.5) is 22.0 Å². The maximum atomic E-state index is 13.6. The van der Waals surface area contributed by atoms with Crippen LogP contribution in [0.15, 0.2) is 24.3 Å². The molecule has 0 aliphatic carbocycles. The molecule has 144 valence electrons. The molecule has 0 aliphatic heterocycles. The van der Waals surface area contributed by atoms with Crippen molar-refractivity contribution in [3.05, 3.63) is 35.5 Å². The summed E-state index contributed by atoms with van der Waals surface area (Å²) in [5.74, 6) is -0.283. The Labute approximate surface area is 150 Å². The van der Waals surface area contributed by atoms with Crippen LogP contribution >= 0.6 is 0 Å². The maximum Gasteiger partial charge on any atom is 0.417 e. The van der Waals surface area contributed by atoms with Gasteiger partial charge in [-0.2, -0.15) is 27.1 Å². The Morgan fingerprint density at radius 1 is 1.11 bits per heavy atom. The van der Waals surface area contributed by atoms with E-state index in [1.807, 2.05) is 0 Å². The van der Waals surface area contributed by atoms with Crippen LogP contribution in [0.3, 0.4) is 0 Å². The van der Waals surface area contributed by atoms with Gasteiger partial charge in [0.15, 0.2) is 17.1 Å². The predicted molar refractivity (Wildman–Crippen MR) is 86.9 cm³/mol. The van der Waals surface area contributed by atoms with Crippen molar-refractivity contribution in [2.75, 3.05) is 7.11 Å². The lowest BCUT2D eigenvalue weighted by atomic mass is 10.0. The number of fused-ring (bicyclic) bond motifs is 1. The maximum absolute atomic E-state index is 13.6. The number of ether oxygens (including phenoxy) is 2. The summed E-state index contributed by atoms with van der Waals surface area (Å²) in [6.45, 7) is -1.59. The second-order valence-corrected chi connectivity index (χ2v) is 5.70. The van der Waals surface area contributed by atoms with E-state index in [1.165, 1.54) is 44.0 Å². The third kappa shape index (κ3) is 3.51. The first-order valence-corrected chi connectivity index (χ1v) is 7.66. The van der Waals surface area contributed by atoms with E-state index in [2.05, 4.69) is 14.8 Å². The zero-order valence-corrected chi connectivity index (χ0v) is 14.4. The van der Waals surface area contributed by atoms with Crippen molar-refractivity contribution in [1.82, 2.24) is 14.8 Å². The van der Waals surface area contributed by atoms with Gasteiger partial charge in [-0.1, -0.05) is 0 Å². The molecule has 0 radical (unpaired) electrons. The van der Waals surface area contributed by atoms with Crippen LogP contribution in [0, 0.1) is 6.92 Å². The van der Waals surface area contributed by atoms with Crippen molar-refractivity contribution in [3.63, 3.8) is 0 Å². The molecule has 27 heavy (non-hydrogen) atoms. The lowest BCUT2D eigenvalue weighted by molar-refractivity contribution is -0.136. The second kappa shape index (κ2) is 6.67. The van der Waals surface area contributed by atoms with Crippen molar-refractivity contribution in [3.8, 4) is 22.8 Å². The van der Waals surface area contributed by atoms with Gasteiger partial charge in [-0.25, -0.2) is 4.98 Å². The van der Waals surface area contributed by atoms with E-state index >= 15 is 0 Å². The summed E-state index contributed by atoms with van der Waals surface area (Å²) in [5.41, 5.74) is -0.360. The van der Waals surface area contributed by atoms with Gasteiger partial charge in [0.25, 0.3) is 0 Å². The Morgan fingerprint density at radius 2 is 1.81 bits per heavy atom. The Bertz CT molecular complexity index is 998. The van der Waals surface area contributed by atoms with Crippen molar-refractivity contribution in [1.29, 1.82) is 0 Å². The van der Waals surface area contributed by atoms with Crippen LogP contribution < -0.4 is 9.47 Å². The average Bonchev–Trinajstić information content (AvgIpc) is 2.87. The van der Waals surface area contributed by atoms with Gasteiger partial charge in [-0.05, 0) is 31.2 Å². The van der Waals surface area contributed by atoms with Crippen molar-refractivity contribution in [2.45, 2.75) is 19.7 Å². The topological polar surface area (TPSA) is 49.2 Å². The van der Waals surface area contributed by atoms with Crippen molar-refractivity contribution >= 4 is 11.0 Å². The van der Waals surface area contributed by atoms with Crippen LogP contribution in [0.1, 0.15) is 11.3 Å². The van der Waals surface area contributed by atoms with Crippen LogP contribution in [-0.4, -0.2) is 28.5 Å². The molecule has 0 spiro atoms. The van der Waals surface area contributed by atoms with E-state index in [0.717, 1.165) is 6.07 Å². The summed E-state index contributed by atoms with van der Waals surface area (Å²) < 4.78 is 76.1. The van der Waals surface area contributed by atoms with Gasteiger partial charge < -0.3 is 9.47 Å². The Hall–Kier alpha value is -2.91. The molecule has 0 aliphatic rings. The number of methoxy groups -OCH3 is 1. The molecule has 0 fully saturated rings. The normalized spacial score (nSPS) is 12.0. The molecular weight excluding hydrogens is 373 g/mol. The summed E-state index contributed by atoms with van der Waals surface area (Å²) in [6, 6.07) is 4.71. The highest BCUT2D eigenvalue weighted by molar-refractivity contribution is 5.86. The van der Waals surface area contributed by atoms with Crippen LogP contribution in [-0.2, 0) is 13.2 Å². The molecule has 2 aromatic heterocycles. The Kier molecular flexibility index (Phi) is 4.66. The molecule has 0 amide bonds. The lowest BCUT2D eigenvalue weighted by Crippen LogP contribution is -2.08. The fourth-order valence-corrected chi connectivity index (χ4v) is 2.84. The smallest absolute Gasteiger partial charge is 0.417 e. The quantitative estimate of drug-likeness (QED) is 0.616. The predicted octanol–water partition coefficient (Wildman–Crippen LogP) is 4.57. The van der Waals surface area contributed by atoms with Gasteiger partial charge in [0.1, 0.15) is 0 Å². The Morgan fingerprint density at radius 3 is 2.41 bits per heavy atom. The number of benzene rings is 1. The number of aromatic nitrogens is 3. The summed E-state index contributed by atoms with van der Waals surface area (Å²) in [5, 5.41) is 3.92. The van der Waals surface area contributed by atoms with Gasteiger partial charge in [-0.15, -0.1) is 0 Å². The lowest BCUT2D eigenvalue weighted by Gasteiger charge is -2.13. The second-order valence-electron chi connectivity index (χ2n) is 5.70. The van der Waals surface area contributed by atoms with Crippen LogP contribution in [0.25, 0.3) is 22.3 Å². The van der Waals surface area contributed by atoms with Crippen molar-refractivity contribution in [2.24, 2.45) is 7.05 Å². The number of alkyl halides is 5. The number of rotatable bonds is 4. The van der Waals surface area contributed by atoms with E-state index in [1.54, 1.807) is 0 Å². The number of halogens is 5. The molecule has 5 nitrogen and oxygen atoms in total. The van der Waals surface area contributed by atoms with E-state index in [9.17, 15) is 22.0 Å². The number of aryl methyl sites for hydroxylation is 2. The molecule has 2 heterocycles. The molecular formula is C17H14F5N3O2. The van der Waals surface area contributed by atoms with Gasteiger partial charge in [0, 0.05) is 12.6 Å². The average molecular weight is 387 g/mol. The summed E-state index contributed by atoms with van der Waals surface area (Å²) in [7, 11) is 2.73. The highest BCUT2D eigenvalue weighted by atomic mass is 19.4. The van der Waals surface area contributed by atoms with Gasteiger partial charge in [-0.3, -0.25) is 4.68 Å². The first-order valence-electron chi connectivity index (χ1n) is 7.66. The molecule has 0 bridgehead atoms. The van der Waals surface area contributed by atoms with Gasteiger partial charge in [0.05, 0.1) is 29.4 Å². The number of nitrogens with zero attached hydrogens (tertiary/aromatic N) is 3. The first-order chi connectivity index (χ1) is 12.6. The highest BCUT2D eigenvalue weighted by Gasteiger charge is 2.35. The zero-order chi connectivity index (χ0) is 19.9. The summed E-state index contributed by atoms with van der Waals surface area (Å²) in [4.78, 5) is 4.26. The van der Waals surface area contributed by atoms with E-state index in [4.69, 9.17) is 4.74 Å². The monoisotopic (exact) mass is 387 g/mol. The minimum Gasteiger partial charge on any atom is -0.493 e. The molecule has 0 unspecified atom stereocenters. The number of pyridine rings is 1. The zero-order valence-electron chi connectivity index (χ0n) is 14.4. The SMILES string of the molecule is COc1cc(-c2cc(C(F)(F)F)c3c(C)nn(C)c3n2)ccc1OC(F)F. The van der Waals surface area contributed by atoms with Crippen LogP contribution in [0.5, 0.6) is 11.5 Å². The van der Waals surface area contributed by atoms with Crippen LogP contribution in [0.2, 0.25) is 0 Å². The highest BCUT2D eigenvalue weighted by Crippen LogP contribution is 2.39. The van der Waals surface area contributed by atoms with E-state index in [0.29, 0.717) is 0 Å². The van der Waals surface area contributed by atoms with E-state index < -0.39 is 18.4 Å². The fourth-order valence-electron chi connectivity index (χ4n) is 2.84. The van der Waals surface area contributed by atoms with Crippen molar-refractivity contribution < 1.29 is 31.4 Å². The third-order valence-corrected chi connectivity index (χ3v) is 3.95. The van der Waals surface area contributed by atoms with Gasteiger partial charge in [0.2, 0.25) is 0 Å². The molecule has 0 atom stereocenters. The molecule has 3 aromatic rings. The van der Waals surface area contributed by atoms with E-state index in [-0.39, 0.29) is 39.5 Å². The largest absolute Gasteiger partial charge is 0.493 e. The Balaban J connectivity index is 2.22. The minimum absolute atomic E-state index is 0.000257. The molecule has 0 saturated carbocycles. The minimum atomic E-state index is -4.62. The molecule has 1 aromatic carbocycles. The standard InChI is InChI=1S/C17H14F5N3O2/c1-8-14-10(17(20,21)22)7-11(23-15(14)25(2)24-8)9-4-5-12(27-16(18)19)13(6-9)26-3/h4-7,16H,1-3H3. The number of hydrogen-bond acceptors (Lipinski definition) is 4. The fraction of sp³-hybridized carbons (Fsp3) is 0.294. The molecule has 0 saturated heterocycles. The first kappa shape index (κ1) is 18.9. The summed E-state index contributed by atoms with van der Waals surface area (Å²) in [6.07, 6.45) is -4.62. The molecule has 0 N–H and O–H groups in total. The molecule has 10 heteroatoms. The summed E-state index contributed by atoms with van der Waals surface area (Å²) >= 11 is 0.